The van der Waals surface area contributed by atoms with Crippen molar-refractivity contribution in [3.63, 3.8) is 0 Å². The summed E-state index contributed by atoms with van der Waals surface area (Å²) in [5, 5.41) is 2.89. The third kappa shape index (κ3) is 2.90. The van der Waals surface area contributed by atoms with E-state index in [4.69, 9.17) is 9.47 Å². The largest absolute Gasteiger partial charge is 0.382 e. The van der Waals surface area contributed by atoms with Gasteiger partial charge in [0.1, 0.15) is 5.54 Å². The minimum Gasteiger partial charge on any atom is -0.382 e. The van der Waals surface area contributed by atoms with E-state index in [1.165, 1.54) is 0 Å². The first-order valence-electron chi connectivity index (χ1n) is 6.73. The lowest BCUT2D eigenvalue weighted by Gasteiger charge is -2.40. The van der Waals surface area contributed by atoms with E-state index >= 15 is 0 Å². The van der Waals surface area contributed by atoms with Crippen molar-refractivity contribution in [1.29, 1.82) is 0 Å². The van der Waals surface area contributed by atoms with Crippen LogP contribution < -0.4 is 5.32 Å². The minimum atomic E-state index is -0.652. The number of methoxy groups -OCH3 is 2. The van der Waals surface area contributed by atoms with Crippen LogP contribution in [0.25, 0.3) is 0 Å². The Labute approximate surface area is 113 Å². The summed E-state index contributed by atoms with van der Waals surface area (Å²) in [4.78, 5) is 26.0. The van der Waals surface area contributed by atoms with Gasteiger partial charge in [0.2, 0.25) is 11.8 Å². The van der Waals surface area contributed by atoms with Crippen molar-refractivity contribution < 1.29 is 19.1 Å². The molecule has 1 unspecified atom stereocenters. The number of piperazine rings is 1. The van der Waals surface area contributed by atoms with E-state index < -0.39 is 5.54 Å². The number of carbonyl (C=O) groups excluding carboxylic acids is 2. The van der Waals surface area contributed by atoms with E-state index in [0.29, 0.717) is 13.2 Å². The first kappa shape index (κ1) is 14.3. The highest BCUT2D eigenvalue weighted by Gasteiger charge is 2.48. The number of rotatable bonds is 5. The SMILES string of the molecule is COCC(CN1CC(=O)NC2(CCCC2)C1=O)OC. The van der Waals surface area contributed by atoms with E-state index in [9.17, 15) is 9.59 Å². The van der Waals surface area contributed by atoms with E-state index in [0.717, 1.165) is 25.7 Å². The fraction of sp³-hybridized carbons (Fsp3) is 0.846. The van der Waals surface area contributed by atoms with Crippen molar-refractivity contribution in [2.24, 2.45) is 0 Å². The minimum absolute atomic E-state index is 0.0303. The highest BCUT2D eigenvalue weighted by molar-refractivity contribution is 5.98. The van der Waals surface area contributed by atoms with Crippen molar-refractivity contribution in [2.45, 2.75) is 37.3 Å². The van der Waals surface area contributed by atoms with Gasteiger partial charge in [0, 0.05) is 20.8 Å². The molecule has 1 saturated carbocycles. The predicted octanol–water partition coefficient (Wildman–Crippen LogP) is -0.0810. The molecule has 6 heteroatoms. The summed E-state index contributed by atoms with van der Waals surface area (Å²) in [6.07, 6.45) is 3.28. The Hall–Kier alpha value is -1.14. The molecule has 2 amide bonds. The molecule has 1 saturated heterocycles. The fourth-order valence-corrected chi connectivity index (χ4v) is 3.00. The van der Waals surface area contributed by atoms with Gasteiger partial charge >= 0.3 is 0 Å². The van der Waals surface area contributed by atoms with Gasteiger partial charge in [-0.15, -0.1) is 0 Å². The molecular weight excluding hydrogens is 248 g/mol. The smallest absolute Gasteiger partial charge is 0.248 e. The van der Waals surface area contributed by atoms with Gasteiger partial charge in [-0.05, 0) is 12.8 Å². The second-order valence-electron chi connectivity index (χ2n) is 5.34. The molecule has 19 heavy (non-hydrogen) atoms. The van der Waals surface area contributed by atoms with Gasteiger partial charge < -0.3 is 19.7 Å². The Morgan fingerprint density at radius 3 is 2.58 bits per heavy atom. The predicted molar refractivity (Wildman–Crippen MR) is 68.6 cm³/mol. The molecule has 0 aromatic heterocycles. The van der Waals surface area contributed by atoms with Crippen LogP contribution in [0.2, 0.25) is 0 Å². The first-order valence-corrected chi connectivity index (χ1v) is 6.73. The van der Waals surface area contributed by atoms with Crippen molar-refractivity contribution >= 4 is 11.8 Å². The van der Waals surface area contributed by atoms with Gasteiger partial charge in [-0.3, -0.25) is 9.59 Å². The van der Waals surface area contributed by atoms with Crippen molar-refractivity contribution in [3.05, 3.63) is 0 Å². The van der Waals surface area contributed by atoms with Crippen molar-refractivity contribution in [2.75, 3.05) is 33.9 Å². The number of carbonyl (C=O) groups is 2. The lowest BCUT2D eigenvalue weighted by molar-refractivity contribution is -0.151. The highest BCUT2D eigenvalue weighted by Crippen LogP contribution is 2.33. The fourth-order valence-electron chi connectivity index (χ4n) is 3.00. The lowest BCUT2D eigenvalue weighted by atomic mass is 9.93. The zero-order valence-corrected chi connectivity index (χ0v) is 11.6. The molecule has 108 valence electrons. The van der Waals surface area contributed by atoms with Crippen LogP contribution >= 0.6 is 0 Å². The second kappa shape index (κ2) is 5.88. The Morgan fingerprint density at radius 2 is 2.00 bits per heavy atom. The van der Waals surface area contributed by atoms with Gasteiger partial charge in [0.25, 0.3) is 0 Å². The maximum atomic E-state index is 12.6. The highest BCUT2D eigenvalue weighted by atomic mass is 16.5. The van der Waals surface area contributed by atoms with Gasteiger partial charge in [0.15, 0.2) is 0 Å². The van der Waals surface area contributed by atoms with Gasteiger partial charge in [-0.1, -0.05) is 12.8 Å². The van der Waals surface area contributed by atoms with Crippen LogP contribution in [0.5, 0.6) is 0 Å². The normalized spacial score (nSPS) is 23.8. The molecule has 6 nitrogen and oxygen atoms in total. The van der Waals surface area contributed by atoms with E-state index in [1.54, 1.807) is 19.1 Å². The summed E-state index contributed by atoms with van der Waals surface area (Å²) in [5.74, 6) is -0.0449. The van der Waals surface area contributed by atoms with Crippen LogP contribution in [0.3, 0.4) is 0 Å². The van der Waals surface area contributed by atoms with Crippen LogP contribution in [0.1, 0.15) is 25.7 Å². The maximum Gasteiger partial charge on any atom is 0.248 e. The lowest BCUT2D eigenvalue weighted by Crippen LogP contribution is -2.66. The summed E-state index contributed by atoms with van der Waals surface area (Å²) >= 11 is 0. The molecule has 1 spiro atoms. The Kier molecular flexibility index (Phi) is 4.42. The Morgan fingerprint density at radius 1 is 1.32 bits per heavy atom. The number of hydrogen-bond acceptors (Lipinski definition) is 4. The summed E-state index contributed by atoms with van der Waals surface area (Å²) < 4.78 is 10.3. The molecule has 1 aliphatic carbocycles. The summed E-state index contributed by atoms with van der Waals surface area (Å²) in [7, 11) is 3.18. The van der Waals surface area contributed by atoms with Crippen LogP contribution in [0, 0.1) is 0 Å². The molecule has 1 aliphatic heterocycles. The number of amides is 2. The van der Waals surface area contributed by atoms with Crippen molar-refractivity contribution in [3.8, 4) is 0 Å². The quantitative estimate of drug-likeness (QED) is 0.758. The average molecular weight is 270 g/mol. The molecule has 2 rings (SSSR count). The Balaban J connectivity index is 2.07. The van der Waals surface area contributed by atoms with Gasteiger partial charge in [-0.2, -0.15) is 0 Å². The molecule has 0 radical (unpaired) electrons. The van der Waals surface area contributed by atoms with Gasteiger partial charge in [0.05, 0.1) is 19.3 Å². The van der Waals surface area contributed by atoms with Crippen LogP contribution in [-0.4, -0.2) is 62.3 Å². The summed E-state index contributed by atoms with van der Waals surface area (Å²) in [6.45, 7) is 0.928. The van der Waals surface area contributed by atoms with E-state index in [2.05, 4.69) is 5.32 Å². The molecule has 2 fully saturated rings. The van der Waals surface area contributed by atoms with Crippen molar-refractivity contribution in [1.82, 2.24) is 10.2 Å². The molecule has 0 aromatic carbocycles. The monoisotopic (exact) mass is 270 g/mol. The molecule has 0 bridgehead atoms. The summed E-state index contributed by atoms with van der Waals surface area (Å²) in [6, 6.07) is 0. The zero-order valence-electron chi connectivity index (χ0n) is 11.6. The second-order valence-corrected chi connectivity index (χ2v) is 5.34. The van der Waals surface area contributed by atoms with Gasteiger partial charge in [-0.25, -0.2) is 0 Å². The van der Waals surface area contributed by atoms with Crippen LogP contribution in [-0.2, 0) is 19.1 Å². The van der Waals surface area contributed by atoms with Crippen LogP contribution in [0.15, 0.2) is 0 Å². The van der Waals surface area contributed by atoms with E-state index in [-0.39, 0.29) is 24.5 Å². The molecule has 2 aliphatic rings. The first-order chi connectivity index (χ1) is 9.11. The average Bonchev–Trinajstić information content (AvgIpc) is 2.84. The number of hydrogen-bond donors (Lipinski definition) is 1. The molecule has 1 heterocycles. The molecular formula is C13H22N2O4. The molecule has 0 aromatic rings. The standard InChI is InChI=1S/C13H22N2O4/c1-18-9-10(19-2)7-15-8-11(16)14-13(12(15)17)5-3-4-6-13/h10H,3-9H2,1-2H3,(H,14,16). The van der Waals surface area contributed by atoms with E-state index in [1.807, 2.05) is 0 Å². The van der Waals surface area contributed by atoms with Crippen LogP contribution in [0.4, 0.5) is 0 Å². The third-order valence-electron chi connectivity index (χ3n) is 3.98. The molecule has 1 atom stereocenters. The number of ether oxygens (including phenoxy) is 2. The molecule has 1 N–H and O–H groups in total. The Bertz CT molecular complexity index is 353. The zero-order chi connectivity index (χ0) is 13.9. The third-order valence-corrected chi connectivity index (χ3v) is 3.98. The number of nitrogens with one attached hydrogen (secondary N) is 1. The maximum absolute atomic E-state index is 12.6. The summed E-state index contributed by atoms with van der Waals surface area (Å²) in [5.41, 5.74) is -0.652. The topological polar surface area (TPSA) is 67.9 Å². The number of nitrogens with zero attached hydrogens (tertiary/aromatic N) is 1.